The third-order valence-corrected chi connectivity index (χ3v) is 4.00. The second-order valence-corrected chi connectivity index (χ2v) is 5.56. The molecule has 1 saturated heterocycles. The molecule has 1 fully saturated rings. The lowest BCUT2D eigenvalue weighted by molar-refractivity contribution is 0.169. The molecule has 1 N–H and O–H groups in total. The number of hydrogen-bond acceptors (Lipinski definition) is 5. The van der Waals surface area contributed by atoms with Gasteiger partial charge in [-0.1, -0.05) is 5.16 Å². The highest BCUT2D eigenvalue weighted by Gasteiger charge is 2.20. The van der Waals surface area contributed by atoms with Gasteiger partial charge < -0.3 is 19.2 Å². The van der Waals surface area contributed by atoms with E-state index in [9.17, 15) is 0 Å². The van der Waals surface area contributed by atoms with Gasteiger partial charge in [0.2, 0.25) is 0 Å². The summed E-state index contributed by atoms with van der Waals surface area (Å²) in [4.78, 5) is 9.06. The Morgan fingerprint density at radius 3 is 2.71 bits per heavy atom. The van der Waals surface area contributed by atoms with Gasteiger partial charge in [0.15, 0.2) is 5.96 Å². The van der Waals surface area contributed by atoms with Gasteiger partial charge in [-0.3, -0.25) is 9.89 Å². The number of aromatic nitrogens is 1. The van der Waals surface area contributed by atoms with E-state index < -0.39 is 0 Å². The number of guanidine groups is 1. The first-order valence-corrected chi connectivity index (χ1v) is 7.95. The number of piperazine rings is 1. The van der Waals surface area contributed by atoms with E-state index in [4.69, 9.17) is 8.94 Å². The molecule has 1 aliphatic heterocycles. The molecule has 7 nitrogen and oxygen atoms in total. The molecule has 0 spiro atoms. The molecule has 0 atom stereocenters. The monoisotopic (exact) mass is 445 g/mol. The Hall–Kier alpha value is -1.55. The minimum atomic E-state index is 0. The van der Waals surface area contributed by atoms with Crippen molar-refractivity contribution in [2.45, 2.75) is 13.0 Å². The molecular formula is C16H24IN5O2. The predicted octanol–water partition coefficient (Wildman–Crippen LogP) is 1.82. The van der Waals surface area contributed by atoms with Gasteiger partial charge in [-0.05, 0) is 12.1 Å². The number of nitrogens with zero attached hydrogens (tertiary/aromatic N) is 4. The van der Waals surface area contributed by atoms with Crippen LogP contribution in [0.4, 0.5) is 0 Å². The highest BCUT2D eigenvalue weighted by molar-refractivity contribution is 14.0. The number of hydrogen-bond donors (Lipinski definition) is 1. The molecule has 3 rings (SSSR count). The van der Waals surface area contributed by atoms with Crippen molar-refractivity contribution in [1.29, 1.82) is 0 Å². The van der Waals surface area contributed by atoms with Gasteiger partial charge in [0.25, 0.3) is 0 Å². The lowest BCUT2D eigenvalue weighted by Crippen LogP contribution is -2.52. The van der Waals surface area contributed by atoms with Crippen LogP contribution in [0.3, 0.4) is 0 Å². The van der Waals surface area contributed by atoms with E-state index in [1.165, 1.54) is 0 Å². The van der Waals surface area contributed by atoms with Gasteiger partial charge in [0, 0.05) is 58.8 Å². The van der Waals surface area contributed by atoms with Crippen LogP contribution in [-0.2, 0) is 13.0 Å². The average Bonchev–Trinajstić information content (AvgIpc) is 3.26. The largest absolute Gasteiger partial charge is 0.469 e. The zero-order valence-electron chi connectivity index (χ0n) is 13.9. The molecule has 0 aliphatic carbocycles. The van der Waals surface area contributed by atoms with Gasteiger partial charge in [0.1, 0.15) is 12.0 Å². The summed E-state index contributed by atoms with van der Waals surface area (Å²) in [6, 6.07) is 5.83. The SMILES string of the molecule is CN=C(NCCc1ccco1)N1CCN(Cc2ccon2)CC1.I. The Labute approximate surface area is 159 Å². The van der Waals surface area contributed by atoms with Crippen LogP contribution in [0.15, 0.2) is 44.7 Å². The summed E-state index contributed by atoms with van der Waals surface area (Å²) in [5.74, 6) is 1.95. The summed E-state index contributed by atoms with van der Waals surface area (Å²) in [7, 11) is 1.83. The Kier molecular flexibility index (Phi) is 7.57. The fourth-order valence-corrected chi connectivity index (χ4v) is 2.75. The van der Waals surface area contributed by atoms with E-state index in [2.05, 4.69) is 25.3 Å². The Balaban J connectivity index is 0.00000208. The van der Waals surface area contributed by atoms with Crippen LogP contribution in [0.2, 0.25) is 0 Å². The zero-order chi connectivity index (χ0) is 15.9. The number of rotatable bonds is 5. The first-order chi connectivity index (χ1) is 11.3. The number of furan rings is 1. The summed E-state index contributed by atoms with van der Waals surface area (Å²) < 4.78 is 10.2. The molecule has 24 heavy (non-hydrogen) atoms. The van der Waals surface area contributed by atoms with Crippen LogP contribution in [0.5, 0.6) is 0 Å². The maximum absolute atomic E-state index is 5.34. The minimum Gasteiger partial charge on any atom is -0.469 e. The second kappa shape index (κ2) is 9.67. The second-order valence-electron chi connectivity index (χ2n) is 5.56. The Morgan fingerprint density at radius 1 is 1.25 bits per heavy atom. The highest BCUT2D eigenvalue weighted by atomic mass is 127. The maximum atomic E-state index is 5.34. The minimum absolute atomic E-state index is 0. The molecule has 0 radical (unpaired) electrons. The summed E-state index contributed by atoms with van der Waals surface area (Å²) >= 11 is 0. The molecule has 3 heterocycles. The fourth-order valence-electron chi connectivity index (χ4n) is 2.75. The normalized spacial score (nSPS) is 16.0. The molecule has 2 aromatic rings. The average molecular weight is 445 g/mol. The third kappa shape index (κ3) is 5.23. The summed E-state index contributed by atoms with van der Waals surface area (Å²) in [5, 5.41) is 7.38. The van der Waals surface area contributed by atoms with Crippen LogP contribution >= 0.6 is 24.0 Å². The topological polar surface area (TPSA) is 70.0 Å². The number of halogens is 1. The first kappa shape index (κ1) is 18.8. The van der Waals surface area contributed by atoms with Crippen molar-refractivity contribution < 1.29 is 8.94 Å². The third-order valence-electron chi connectivity index (χ3n) is 4.00. The van der Waals surface area contributed by atoms with Crippen molar-refractivity contribution >= 4 is 29.9 Å². The molecular weight excluding hydrogens is 421 g/mol. The van der Waals surface area contributed by atoms with Crippen LogP contribution in [-0.4, -0.2) is 60.7 Å². The van der Waals surface area contributed by atoms with Gasteiger partial charge in [-0.2, -0.15) is 0 Å². The summed E-state index contributed by atoms with van der Waals surface area (Å²) in [6.45, 7) is 5.56. The zero-order valence-corrected chi connectivity index (χ0v) is 16.2. The van der Waals surface area contributed by atoms with E-state index in [0.29, 0.717) is 0 Å². The van der Waals surface area contributed by atoms with Crippen molar-refractivity contribution in [3.63, 3.8) is 0 Å². The van der Waals surface area contributed by atoms with Crippen LogP contribution in [0.25, 0.3) is 0 Å². The Morgan fingerprint density at radius 2 is 2.08 bits per heavy atom. The van der Waals surface area contributed by atoms with E-state index in [0.717, 1.165) is 63.1 Å². The predicted molar refractivity (Wildman–Crippen MR) is 103 cm³/mol. The summed E-state index contributed by atoms with van der Waals surface area (Å²) in [5.41, 5.74) is 0.986. The van der Waals surface area contributed by atoms with Crippen molar-refractivity contribution in [3.8, 4) is 0 Å². The molecule has 0 aromatic carbocycles. The van der Waals surface area contributed by atoms with E-state index in [-0.39, 0.29) is 24.0 Å². The lowest BCUT2D eigenvalue weighted by Gasteiger charge is -2.36. The van der Waals surface area contributed by atoms with E-state index in [1.807, 2.05) is 25.2 Å². The lowest BCUT2D eigenvalue weighted by atomic mass is 10.3. The molecule has 132 valence electrons. The van der Waals surface area contributed by atoms with E-state index in [1.54, 1.807) is 12.5 Å². The van der Waals surface area contributed by atoms with Crippen LogP contribution < -0.4 is 5.32 Å². The quantitative estimate of drug-likeness (QED) is 0.430. The van der Waals surface area contributed by atoms with Gasteiger partial charge in [0.05, 0.1) is 12.0 Å². The molecule has 0 amide bonds. The van der Waals surface area contributed by atoms with Gasteiger partial charge >= 0.3 is 0 Å². The van der Waals surface area contributed by atoms with E-state index >= 15 is 0 Å². The van der Waals surface area contributed by atoms with Crippen molar-refractivity contribution in [3.05, 3.63) is 42.2 Å². The van der Waals surface area contributed by atoms with Crippen molar-refractivity contribution in [2.75, 3.05) is 39.8 Å². The molecule has 0 saturated carbocycles. The van der Waals surface area contributed by atoms with Crippen LogP contribution in [0.1, 0.15) is 11.5 Å². The first-order valence-electron chi connectivity index (χ1n) is 7.95. The maximum Gasteiger partial charge on any atom is 0.193 e. The van der Waals surface area contributed by atoms with Crippen molar-refractivity contribution in [2.24, 2.45) is 4.99 Å². The van der Waals surface area contributed by atoms with Gasteiger partial charge in [-0.25, -0.2) is 0 Å². The molecule has 2 aromatic heterocycles. The highest BCUT2D eigenvalue weighted by Crippen LogP contribution is 2.07. The van der Waals surface area contributed by atoms with Crippen molar-refractivity contribution in [1.82, 2.24) is 20.3 Å². The molecule has 0 bridgehead atoms. The molecule has 8 heteroatoms. The number of nitrogens with one attached hydrogen (secondary N) is 1. The smallest absolute Gasteiger partial charge is 0.193 e. The Bertz CT molecular complexity index is 592. The fraction of sp³-hybridized carbons (Fsp3) is 0.500. The molecule has 1 aliphatic rings. The number of aliphatic imine (C=N–C) groups is 1. The molecule has 0 unspecified atom stereocenters. The van der Waals surface area contributed by atoms with Gasteiger partial charge in [-0.15, -0.1) is 24.0 Å². The standard InChI is InChI=1S/C16H23N5O2.HI/c1-17-16(18-6-4-15-3-2-11-22-15)21-9-7-20(8-10-21)13-14-5-12-23-19-14;/h2-3,5,11-12H,4,6-10,13H2,1H3,(H,17,18);1H. The van der Waals surface area contributed by atoms with Crippen LogP contribution in [0, 0.1) is 0 Å². The summed E-state index contributed by atoms with van der Waals surface area (Å²) in [6.07, 6.45) is 4.19.